The molecule has 0 N–H and O–H groups in total. The molecule has 0 radical (unpaired) electrons. The largest absolute Gasteiger partial charge is 0.494 e. The van der Waals surface area contributed by atoms with E-state index >= 15 is 0 Å². The van der Waals surface area contributed by atoms with Crippen molar-refractivity contribution in [2.24, 2.45) is 4.99 Å². The Morgan fingerprint density at radius 3 is 2.47 bits per heavy atom. The zero-order valence-electron chi connectivity index (χ0n) is 19.4. The molecule has 34 heavy (non-hydrogen) atoms. The first kappa shape index (κ1) is 22.5. The zero-order valence-corrected chi connectivity index (χ0v) is 20.3. The van der Waals surface area contributed by atoms with Crippen LogP contribution in [0.2, 0.25) is 0 Å². The van der Waals surface area contributed by atoms with Crippen molar-refractivity contribution in [2.75, 3.05) is 37.7 Å². The highest BCUT2D eigenvalue weighted by molar-refractivity contribution is 8.18. The molecule has 0 aliphatic carbocycles. The highest BCUT2D eigenvalue weighted by Gasteiger charge is 2.28. The molecule has 3 aromatic rings. The number of unbranched alkanes of at least 4 members (excludes halogenated alkanes) is 1. The summed E-state index contributed by atoms with van der Waals surface area (Å²) < 4.78 is 5.73. The number of benzene rings is 3. The Morgan fingerprint density at radius 1 is 0.941 bits per heavy atom. The number of hydrogen-bond donors (Lipinski definition) is 0. The van der Waals surface area contributed by atoms with E-state index in [9.17, 15) is 4.79 Å². The van der Waals surface area contributed by atoms with Crippen LogP contribution in [0.5, 0.6) is 5.75 Å². The quantitative estimate of drug-likeness (QED) is 0.335. The first-order valence-corrected chi connectivity index (χ1v) is 12.8. The number of piperazine rings is 1. The minimum atomic E-state index is -0.153. The number of fused-ring (bicyclic) bond motifs is 1. The van der Waals surface area contributed by atoms with E-state index in [1.165, 1.54) is 28.2 Å². The van der Waals surface area contributed by atoms with E-state index in [0.29, 0.717) is 4.91 Å². The maximum Gasteiger partial charge on any atom is 0.286 e. The van der Waals surface area contributed by atoms with Crippen LogP contribution in [-0.2, 0) is 4.79 Å². The van der Waals surface area contributed by atoms with Crippen molar-refractivity contribution in [3.63, 3.8) is 0 Å². The van der Waals surface area contributed by atoms with Crippen LogP contribution in [0.1, 0.15) is 25.3 Å². The van der Waals surface area contributed by atoms with E-state index in [-0.39, 0.29) is 5.91 Å². The van der Waals surface area contributed by atoms with Gasteiger partial charge in [0.15, 0.2) is 5.17 Å². The van der Waals surface area contributed by atoms with Gasteiger partial charge in [0.2, 0.25) is 0 Å². The molecule has 1 saturated heterocycles. The Hall–Kier alpha value is -3.25. The van der Waals surface area contributed by atoms with E-state index in [1.807, 2.05) is 30.3 Å². The van der Waals surface area contributed by atoms with E-state index < -0.39 is 0 Å². The molecule has 5 rings (SSSR count). The fraction of sp³-hybridized carbons (Fsp3) is 0.286. The predicted octanol–water partition coefficient (Wildman–Crippen LogP) is 5.81. The van der Waals surface area contributed by atoms with Crippen LogP contribution in [0, 0.1) is 0 Å². The predicted molar refractivity (Wildman–Crippen MR) is 143 cm³/mol. The van der Waals surface area contributed by atoms with Crippen molar-refractivity contribution in [1.82, 2.24) is 4.90 Å². The van der Waals surface area contributed by atoms with E-state index in [4.69, 9.17) is 4.74 Å². The second-order valence-corrected chi connectivity index (χ2v) is 9.56. The average molecular weight is 472 g/mol. The van der Waals surface area contributed by atoms with E-state index in [2.05, 4.69) is 64.2 Å². The lowest BCUT2D eigenvalue weighted by molar-refractivity contribution is -0.113. The van der Waals surface area contributed by atoms with Crippen LogP contribution in [0.3, 0.4) is 0 Å². The number of carbonyl (C=O) groups excluding carboxylic acids is 1. The number of carbonyl (C=O) groups is 1. The Balaban J connectivity index is 1.20. The Morgan fingerprint density at radius 2 is 1.68 bits per heavy atom. The zero-order chi connectivity index (χ0) is 23.3. The lowest BCUT2D eigenvalue weighted by Gasteiger charge is -2.37. The fourth-order valence-electron chi connectivity index (χ4n) is 4.30. The Bertz CT molecular complexity index is 1220. The number of aliphatic imine (C=N–C) groups is 1. The first-order chi connectivity index (χ1) is 16.7. The lowest BCUT2D eigenvalue weighted by Crippen LogP contribution is -2.47. The van der Waals surface area contributed by atoms with Gasteiger partial charge in [-0.3, -0.25) is 4.79 Å². The summed E-state index contributed by atoms with van der Waals surface area (Å²) in [5, 5.41) is 3.36. The van der Waals surface area contributed by atoms with Gasteiger partial charge >= 0.3 is 0 Å². The smallest absolute Gasteiger partial charge is 0.286 e. The van der Waals surface area contributed by atoms with E-state index in [0.717, 1.165) is 62.1 Å². The summed E-state index contributed by atoms with van der Waals surface area (Å²) >= 11 is 1.48. The molecule has 1 amide bonds. The van der Waals surface area contributed by atoms with Crippen LogP contribution in [0.15, 0.2) is 76.6 Å². The maximum atomic E-state index is 12.6. The number of amides is 1. The highest BCUT2D eigenvalue weighted by Crippen LogP contribution is 2.32. The van der Waals surface area contributed by atoms with Gasteiger partial charge in [0.25, 0.3) is 5.91 Å². The van der Waals surface area contributed by atoms with Crippen molar-refractivity contribution in [2.45, 2.75) is 19.8 Å². The number of rotatable bonds is 6. The molecular weight excluding hydrogens is 442 g/mol. The van der Waals surface area contributed by atoms with Crippen LogP contribution < -0.4 is 9.64 Å². The van der Waals surface area contributed by atoms with E-state index in [1.54, 1.807) is 0 Å². The van der Waals surface area contributed by atoms with Gasteiger partial charge in [-0.2, -0.15) is 4.99 Å². The number of ether oxygens (including phenoxy) is 1. The van der Waals surface area contributed by atoms with Gasteiger partial charge in [0.1, 0.15) is 5.75 Å². The molecule has 1 fully saturated rings. The van der Waals surface area contributed by atoms with Crippen molar-refractivity contribution < 1.29 is 9.53 Å². The SMILES string of the molecule is CCCCOc1ccc(C=C2SC(N3CCN(c4cccc5ccccc45)CC3)=NC2=O)cc1. The van der Waals surface area contributed by atoms with Crippen LogP contribution in [-0.4, -0.2) is 48.8 Å². The summed E-state index contributed by atoms with van der Waals surface area (Å²) in [6, 6.07) is 22.9. The maximum absolute atomic E-state index is 12.6. The molecule has 0 unspecified atom stereocenters. The molecule has 5 nitrogen and oxygen atoms in total. The topological polar surface area (TPSA) is 45.1 Å². The van der Waals surface area contributed by atoms with Gasteiger partial charge < -0.3 is 14.5 Å². The van der Waals surface area contributed by atoms with Crippen molar-refractivity contribution >= 4 is 45.4 Å². The number of thioether (sulfide) groups is 1. The number of amidine groups is 1. The fourth-order valence-corrected chi connectivity index (χ4v) is 5.27. The summed E-state index contributed by atoms with van der Waals surface area (Å²) in [5.41, 5.74) is 2.26. The highest BCUT2D eigenvalue weighted by atomic mass is 32.2. The third-order valence-electron chi connectivity index (χ3n) is 6.21. The summed E-state index contributed by atoms with van der Waals surface area (Å²) in [6.07, 6.45) is 4.09. The standard InChI is InChI=1S/C28H29N3O2S/c1-2-3-19-33-23-13-11-21(12-14-23)20-26-27(32)29-28(34-26)31-17-15-30(16-18-31)25-10-6-8-22-7-4-5-9-24(22)25/h4-14,20H,2-3,15-19H2,1H3. The third-order valence-corrected chi connectivity index (χ3v) is 7.26. The molecule has 0 spiro atoms. The van der Waals surface area contributed by atoms with Crippen molar-refractivity contribution in [1.29, 1.82) is 0 Å². The van der Waals surface area contributed by atoms with Crippen LogP contribution in [0.4, 0.5) is 5.69 Å². The molecule has 3 aromatic carbocycles. The molecule has 2 aliphatic rings. The first-order valence-electron chi connectivity index (χ1n) is 11.9. The minimum Gasteiger partial charge on any atom is -0.494 e. The number of nitrogens with zero attached hydrogens (tertiary/aromatic N) is 3. The molecule has 0 atom stereocenters. The van der Waals surface area contributed by atoms with Gasteiger partial charge in [0.05, 0.1) is 11.5 Å². The molecule has 0 saturated carbocycles. The van der Waals surface area contributed by atoms with Crippen molar-refractivity contribution in [3.05, 3.63) is 77.2 Å². The van der Waals surface area contributed by atoms with Gasteiger partial charge in [-0.25, -0.2) is 0 Å². The Labute approximate surface area is 205 Å². The van der Waals surface area contributed by atoms with Gasteiger partial charge in [-0.15, -0.1) is 0 Å². The second kappa shape index (κ2) is 10.3. The number of hydrogen-bond acceptors (Lipinski definition) is 5. The summed E-state index contributed by atoms with van der Waals surface area (Å²) in [4.78, 5) is 22.3. The third kappa shape index (κ3) is 4.97. The summed E-state index contributed by atoms with van der Waals surface area (Å²) in [7, 11) is 0. The second-order valence-electron chi connectivity index (χ2n) is 8.55. The van der Waals surface area contributed by atoms with Crippen molar-refractivity contribution in [3.8, 4) is 5.75 Å². The summed E-state index contributed by atoms with van der Waals surface area (Å²) in [6.45, 7) is 6.38. The van der Waals surface area contributed by atoms with Gasteiger partial charge in [-0.1, -0.05) is 61.9 Å². The summed E-state index contributed by atoms with van der Waals surface area (Å²) in [5.74, 6) is 0.710. The monoisotopic (exact) mass is 471 g/mol. The molecular formula is C28H29N3O2S. The van der Waals surface area contributed by atoms with Gasteiger partial charge in [0, 0.05) is 37.3 Å². The molecule has 0 aromatic heterocycles. The van der Waals surface area contributed by atoms with Crippen LogP contribution in [0.25, 0.3) is 16.8 Å². The molecule has 174 valence electrons. The number of anilines is 1. The lowest BCUT2D eigenvalue weighted by atomic mass is 10.1. The van der Waals surface area contributed by atoms with Crippen LogP contribution >= 0.6 is 11.8 Å². The molecule has 6 heteroatoms. The molecule has 2 aliphatic heterocycles. The Kier molecular flexibility index (Phi) is 6.86. The molecule has 0 bridgehead atoms. The minimum absolute atomic E-state index is 0.153. The molecule has 2 heterocycles. The normalized spacial score (nSPS) is 17.5. The average Bonchev–Trinajstić information content (AvgIpc) is 3.25. The van der Waals surface area contributed by atoms with Gasteiger partial charge in [-0.05, 0) is 53.4 Å².